The molecule has 0 bridgehead atoms. The lowest BCUT2D eigenvalue weighted by molar-refractivity contribution is -0.151. The molecule has 1 unspecified atom stereocenters. The number of hydrogen-bond acceptors (Lipinski definition) is 5. The number of hydrogen-bond donors (Lipinski definition) is 0. The van der Waals surface area contributed by atoms with Crippen LogP contribution in [-0.2, 0) is 9.59 Å². The largest absolute Gasteiger partial charge is 0.332 e. The maximum absolute atomic E-state index is 12.8. The second kappa shape index (κ2) is 4.65. The van der Waals surface area contributed by atoms with E-state index in [0.29, 0.717) is 5.56 Å². The standard InChI is InChI=1S/C17H14N4O3/c1-10-4-6-11(7-5-10)12-16(8-18,9-19)17(12)13(22)20(2)15(24)21(3)14(17)23/h4-7,12H,1-3H3. The molecule has 120 valence electrons. The second-order valence-electron chi connectivity index (χ2n) is 6.19. The number of aryl methyl sites for hydroxylation is 1. The van der Waals surface area contributed by atoms with E-state index < -0.39 is 34.6 Å². The normalized spacial score (nSPS) is 23.9. The average Bonchev–Trinajstić information content (AvgIpc) is 3.22. The van der Waals surface area contributed by atoms with Crippen LogP contribution in [0.1, 0.15) is 17.0 Å². The molecule has 2 aliphatic rings. The van der Waals surface area contributed by atoms with Gasteiger partial charge in [-0.1, -0.05) is 29.8 Å². The van der Waals surface area contributed by atoms with Crippen molar-refractivity contribution in [3.63, 3.8) is 0 Å². The van der Waals surface area contributed by atoms with E-state index in [-0.39, 0.29) is 0 Å². The van der Waals surface area contributed by atoms with Crippen LogP contribution in [-0.4, -0.2) is 41.7 Å². The van der Waals surface area contributed by atoms with Gasteiger partial charge in [0.2, 0.25) is 11.8 Å². The minimum absolute atomic E-state index is 0.557. The highest BCUT2D eigenvalue weighted by atomic mass is 16.2. The summed E-state index contributed by atoms with van der Waals surface area (Å²) in [5.74, 6) is -2.51. The first-order valence-corrected chi connectivity index (χ1v) is 7.29. The van der Waals surface area contributed by atoms with Crippen LogP contribution in [0, 0.1) is 40.4 Å². The number of amides is 4. The number of nitrogens with zero attached hydrogens (tertiary/aromatic N) is 4. The first kappa shape index (κ1) is 15.7. The average molecular weight is 322 g/mol. The number of imide groups is 2. The number of carbonyl (C=O) groups excluding carboxylic acids is 3. The topological polar surface area (TPSA) is 105 Å². The van der Waals surface area contributed by atoms with Crippen LogP contribution in [0.3, 0.4) is 0 Å². The minimum Gasteiger partial charge on any atom is -0.273 e. The Bertz CT molecular complexity index is 821. The molecule has 0 N–H and O–H groups in total. The van der Waals surface area contributed by atoms with Crippen molar-refractivity contribution in [2.24, 2.45) is 10.8 Å². The van der Waals surface area contributed by atoms with Crippen molar-refractivity contribution < 1.29 is 14.4 Å². The van der Waals surface area contributed by atoms with Crippen molar-refractivity contribution in [1.82, 2.24) is 9.80 Å². The zero-order valence-electron chi connectivity index (χ0n) is 13.4. The third kappa shape index (κ3) is 1.47. The quantitative estimate of drug-likeness (QED) is 0.721. The smallest absolute Gasteiger partial charge is 0.273 e. The Balaban J connectivity index is 2.24. The molecular formula is C17H14N4O3. The van der Waals surface area contributed by atoms with E-state index in [0.717, 1.165) is 15.4 Å². The Morgan fingerprint density at radius 1 is 0.958 bits per heavy atom. The first-order valence-electron chi connectivity index (χ1n) is 7.29. The van der Waals surface area contributed by atoms with Gasteiger partial charge >= 0.3 is 6.03 Å². The predicted octanol–water partition coefficient (Wildman–Crippen LogP) is 1.16. The van der Waals surface area contributed by atoms with Crippen LogP contribution in [0.2, 0.25) is 0 Å². The van der Waals surface area contributed by atoms with Gasteiger partial charge in [0, 0.05) is 20.0 Å². The number of carbonyl (C=O) groups is 3. The molecule has 1 aromatic carbocycles. The Morgan fingerprint density at radius 2 is 1.42 bits per heavy atom. The summed E-state index contributed by atoms with van der Waals surface area (Å²) in [5.41, 5.74) is -2.16. The van der Waals surface area contributed by atoms with Gasteiger partial charge in [0.05, 0.1) is 12.1 Å². The molecule has 4 amide bonds. The Morgan fingerprint density at radius 3 is 1.83 bits per heavy atom. The van der Waals surface area contributed by atoms with E-state index in [1.54, 1.807) is 24.3 Å². The van der Waals surface area contributed by atoms with Crippen LogP contribution in [0.15, 0.2) is 24.3 Å². The first-order chi connectivity index (χ1) is 11.3. The lowest BCUT2D eigenvalue weighted by Gasteiger charge is -2.34. The summed E-state index contributed by atoms with van der Waals surface area (Å²) in [4.78, 5) is 39.2. The summed E-state index contributed by atoms with van der Waals surface area (Å²) in [7, 11) is 2.50. The SMILES string of the molecule is Cc1ccc(C2C(C#N)(C#N)C23C(=O)N(C)C(=O)N(C)C3=O)cc1. The number of benzene rings is 1. The van der Waals surface area contributed by atoms with Gasteiger partial charge in [-0.3, -0.25) is 19.4 Å². The summed E-state index contributed by atoms with van der Waals surface area (Å²) in [5, 5.41) is 19.3. The van der Waals surface area contributed by atoms with E-state index in [1.165, 1.54) is 14.1 Å². The van der Waals surface area contributed by atoms with Gasteiger partial charge in [-0.25, -0.2) is 4.79 Å². The van der Waals surface area contributed by atoms with Crippen molar-refractivity contribution in [2.75, 3.05) is 14.1 Å². The minimum atomic E-state index is -1.87. The van der Waals surface area contributed by atoms with Gasteiger partial charge < -0.3 is 0 Å². The molecule has 24 heavy (non-hydrogen) atoms. The Hall–Kier alpha value is -3.19. The maximum Gasteiger partial charge on any atom is 0.332 e. The molecule has 3 rings (SSSR count). The van der Waals surface area contributed by atoms with Crippen LogP contribution < -0.4 is 0 Å². The fraction of sp³-hybridized carbons (Fsp3) is 0.353. The van der Waals surface area contributed by atoms with E-state index in [9.17, 15) is 24.9 Å². The third-order valence-electron chi connectivity index (χ3n) is 5.03. The van der Waals surface area contributed by atoms with E-state index >= 15 is 0 Å². The van der Waals surface area contributed by atoms with Crippen LogP contribution >= 0.6 is 0 Å². The fourth-order valence-electron chi connectivity index (χ4n) is 3.67. The molecule has 1 spiro atoms. The number of urea groups is 1. The summed E-state index contributed by atoms with van der Waals surface area (Å²) < 4.78 is 0. The molecule has 1 heterocycles. The number of barbiturate groups is 1. The molecule has 1 aliphatic carbocycles. The Labute approximate surface area is 138 Å². The zero-order chi connectivity index (χ0) is 17.9. The molecule has 1 saturated heterocycles. The molecule has 7 nitrogen and oxygen atoms in total. The molecule has 1 atom stereocenters. The number of rotatable bonds is 1. The van der Waals surface area contributed by atoms with Crippen LogP contribution in [0.4, 0.5) is 4.79 Å². The predicted molar refractivity (Wildman–Crippen MR) is 80.9 cm³/mol. The Kier molecular flexibility index (Phi) is 3.04. The van der Waals surface area contributed by atoms with Gasteiger partial charge in [0.15, 0.2) is 10.8 Å². The molecule has 7 heteroatoms. The molecule has 1 aliphatic heterocycles. The molecule has 0 radical (unpaired) electrons. The summed E-state index contributed by atoms with van der Waals surface area (Å²) in [6, 6.07) is 9.97. The van der Waals surface area contributed by atoms with Gasteiger partial charge in [-0.15, -0.1) is 0 Å². The second-order valence-corrected chi connectivity index (χ2v) is 6.19. The number of nitriles is 2. The van der Waals surface area contributed by atoms with Crippen molar-refractivity contribution in [3.8, 4) is 12.1 Å². The summed E-state index contributed by atoms with van der Waals surface area (Å²) >= 11 is 0. The van der Waals surface area contributed by atoms with Crippen LogP contribution in [0.5, 0.6) is 0 Å². The van der Waals surface area contributed by atoms with Crippen molar-refractivity contribution in [1.29, 1.82) is 10.5 Å². The lowest BCUT2D eigenvalue weighted by atomic mass is 9.90. The van der Waals surface area contributed by atoms with Crippen LogP contribution in [0.25, 0.3) is 0 Å². The van der Waals surface area contributed by atoms with Crippen molar-refractivity contribution in [2.45, 2.75) is 12.8 Å². The van der Waals surface area contributed by atoms with Crippen molar-refractivity contribution >= 4 is 17.8 Å². The molecule has 2 fully saturated rings. The summed E-state index contributed by atoms with van der Waals surface area (Å²) in [6.45, 7) is 1.88. The monoisotopic (exact) mass is 322 g/mol. The van der Waals surface area contributed by atoms with E-state index in [2.05, 4.69) is 0 Å². The highest BCUT2D eigenvalue weighted by molar-refractivity contribution is 6.23. The van der Waals surface area contributed by atoms with Gasteiger partial charge in [0.1, 0.15) is 0 Å². The molecule has 0 aromatic heterocycles. The highest BCUT2D eigenvalue weighted by Gasteiger charge is 2.89. The lowest BCUT2D eigenvalue weighted by Crippen LogP contribution is -2.59. The van der Waals surface area contributed by atoms with Crippen molar-refractivity contribution in [3.05, 3.63) is 35.4 Å². The molecular weight excluding hydrogens is 308 g/mol. The maximum atomic E-state index is 12.8. The highest BCUT2D eigenvalue weighted by Crippen LogP contribution is 2.75. The van der Waals surface area contributed by atoms with Gasteiger partial charge in [-0.2, -0.15) is 10.5 Å². The van der Waals surface area contributed by atoms with Gasteiger partial charge in [-0.05, 0) is 12.5 Å². The zero-order valence-corrected chi connectivity index (χ0v) is 13.4. The molecule has 1 aromatic rings. The van der Waals surface area contributed by atoms with Gasteiger partial charge in [0.25, 0.3) is 0 Å². The third-order valence-corrected chi connectivity index (χ3v) is 5.03. The van der Waals surface area contributed by atoms with E-state index in [4.69, 9.17) is 0 Å². The van der Waals surface area contributed by atoms with E-state index in [1.807, 2.05) is 19.1 Å². The summed E-state index contributed by atoms with van der Waals surface area (Å²) in [6.07, 6.45) is 0. The fourth-order valence-corrected chi connectivity index (χ4v) is 3.67. The molecule has 1 saturated carbocycles.